The molecule has 0 saturated carbocycles. The molecule has 0 fully saturated rings. The maximum Gasteiger partial charge on any atom is 0.325 e. The lowest BCUT2D eigenvalue weighted by atomic mass is 9.92. The fourth-order valence-electron chi connectivity index (χ4n) is 3.31. The van der Waals surface area contributed by atoms with Gasteiger partial charge in [-0.15, -0.1) is 0 Å². The molecule has 0 aliphatic carbocycles. The number of hydrogen-bond acceptors (Lipinski definition) is 5. The maximum atomic E-state index is 13.2. The quantitative estimate of drug-likeness (QED) is 0.810. The number of hydrogen-bond donors (Lipinski definition) is 1. The molecule has 1 unspecified atom stereocenters. The molecular formula is C22H20N2O4. The Balaban J connectivity index is 2.20. The van der Waals surface area contributed by atoms with E-state index in [0.717, 1.165) is 10.5 Å². The Hall–Kier alpha value is -3.43. The lowest BCUT2D eigenvalue weighted by molar-refractivity contribution is -0.159. The smallest absolute Gasteiger partial charge is 0.325 e. The van der Waals surface area contributed by atoms with Crippen LogP contribution in [0.4, 0.5) is 0 Å². The van der Waals surface area contributed by atoms with Crippen LogP contribution in [0.25, 0.3) is 5.57 Å². The van der Waals surface area contributed by atoms with Gasteiger partial charge in [0, 0.05) is 5.56 Å². The molecule has 1 heterocycles. The first kappa shape index (κ1) is 19.3. The Morgan fingerprint density at radius 2 is 1.82 bits per heavy atom. The van der Waals surface area contributed by atoms with E-state index < -0.39 is 24.1 Å². The van der Waals surface area contributed by atoms with Crippen molar-refractivity contribution < 1.29 is 19.4 Å². The summed E-state index contributed by atoms with van der Waals surface area (Å²) in [5, 5.41) is 21.4. The second kappa shape index (κ2) is 7.67. The molecule has 3 rings (SSSR count). The van der Waals surface area contributed by atoms with Crippen molar-refractivity contribution in [3.05, 3.63) is 76.9 Å². The van der Waals surface area contributed by atoms with Crippen LogP contribution in [0.2, 0.25) is 0 Å². The number of aryl methyl sites for hydroxylation is 1. The summed E-state index contributed by atoms with van der Waals surface area (Å²) in [5.74, 6) is -1.26. The van der Waals surface area contributed by atoms with Crippen molar-refractivity contribution in [2.45, 2.75) is 19.6 Å². The Kier molecular flexibility index (Phi) is 5.30. The fraction of sp³-hybridized carbons (Fsp3) is 0.227. The van der Waals surface area contributed by atoms with E-state index in [-0.39, 0.29) is 17.8 Å². The first-order chi connectivity index (χ1) is 13.4. The van der Waals surface area contributed by atoms with Crippen molar-refractivity contribution in [1.29, 1.82) is 5.26 Å². The second-order valence-electron chi connectivity index (χ2n) is 6.46. The van der Waals surface area contributed by atoms with E-state index in [9.17, 15) is 20.0 Å². The molecule has 2 aromatic rings. The second-order valence-corrected chi connectivity index (χ2v) is 6.46. The first-order valence-corrected chi connectivity index (χ1v) is 8.90. The van der Waals surface area contributed by atoms with Crippen molar-refractivity contribution in [3.63, 3.8) is 0 Å². The van der Waals surface area contributed by atoms with Crippen LogP contribution in [-0.2, 0) is 20.1 Å². The van der Waals surface area contributed by atoms with Crippen molar-refractivity contribution in [3.8, 4) is 6.07 Å². The van der Waals surface area contributed by atoms with Gasteiger partial charge in [-0.05, 0) is 19.4 Å². The summed E-state index contributed by atoms with van der Waals surface area (Å²) < 4.78 is 4.96. The van der Waals surface area contributed by atoms with Gasteiger partial charge in [0.1, 0.15) is 12.6 Å². The summed E-state index contributed by atoms with van der Waals surface area (Å²) in [7, 11) is 0. The Bertz CT molecular complexity index is 974. The van der Waals surface area contributed by atoms with Gasteiger partial charge in [-0.25, -0.2) is 0 Å². The van der Waals surface area contributed by atoms with Crippen LogP contribution in [0.3, 0.4) is 0 Å². The zero-order valence-corrected chi connectivity index (χ0v) is 15.7. The molecule has 6 heteroatoms. The lowest BCUT2D eigenvalue weighted by Gasteiger charge is -2.33. The summed E-state index contributed by atoms with van der Waals surface area (Å²) in [4.78, 5) is 26.4. The number of nitriles is 1. The van der Waals surface area contributed by atoms with E-state index in [4.69, 9.17) is 4.74 Å². The maximum absolute atomic E-state index is 13.2. The van der Waals surface area contributed by atoms with E-state index >= 15 is 0 Å². The molecule has 142 valence electrons. The highest BCUT2D eigenvalue weighted by atomic mass is 16.5. The predicted octanol–water partition coefficient (Wildman–Crippen LogP) is 2.52. The standard InChI is InChI=1S/C22H20N2O4/c1-3-28-19(25)14-24-21(26)20(16-11-9-15(2)10-12-16)18(13-23)22(24,27)17-7-5-4-6-8-17/h4-12,27H,3,14H2,1-2H3. The average Bonchev–Trinajstić information content (AvgIpc) is 2.91. The third kappa shape index (κ3) is 3.17. The number of rotatable bonds is 5. The third-order valence-corrected chi connectivity index (χ3v) is 4.67. The SMILES string of the molecule is CCOC(=O)CN1C(=O)C(c2ccc(C)cc2)=C(C#N)C1(O)c1ccccc1. The molecule has 0 radical (unpaired) electrons. The molecule has 0 bridgehead atoms. The summed E-state index contributed by atoms with van der Waals surface area (Å²) in [6.07, 6.45) is 0. The lowest BCUT2D eigenvalue weighted by Crippen LogP contribution is -2.48. The summed E-state index contributed by atoms with van der Waals surface area (Å²) in [5.41, 5.74) is -0.260. The van der Waals surface area contributed by atoms with Crippen LogP contribution < -0.4 is 0 Å². The molecule has 6 nitrogen and oxygen atoms in total. The van der Waals surface area contributed by atoms with Crippen LogP contribution in [0.5, 0.6) is 0 Å². The summed E-state index contributed by atoms with van der Waals surface area (Å²) >= 11 is 0. The van der Waals surface area contributed by atoms with Gasteiger partial charge in [-0.2, -0.15) is 5.26 Å². The molecule has 0 saturated heterocycles. The topological polar surface area (TPSA) is 90.6 Å². The highest BCUT2D eigenvalue weighted by Gasteiger charge is 2.53. The first-order valence-electron chi connectivity index (χ1n) is 8.90. The van der Waals surface area contributed by atoms with E-state index in [1.165, 1.54) is 0 Å². The number of amides is 1. The zero-order chi connectivity index (χ0) is 20.3. The third-order valence-electron chi connectivity index (χ3n) is 4.67. The zero-order valence-electron chi connectivity index (χ0n) is 15.7. The van der Waals surface area contributed by atoms with Crippen LogP contribution >= 0.6 is 0 Å². The van der Waals surface area contributed by atoms with E-state index in [1.54, 1.807) is 49.4 Å². The molecule has 0 spiro atoms. The number of nitrogens with zero attached hydrogens (tertiary/aromatic N) is 2. The van der Waals surface area contributed by atoms with Gasteiger partial charge in [0.15, 0.2) is 0 Å². The molecule has 2 aromatic carbocycles. The average molecular weight is 376 g/mol. The van der Waals surface area contributed by atoms with E-state index in [2.05, 4.69) is 0 Å². The highest BCUT2D eigenvalue weighted by molar-refractivity contribution is 6.24. The molecule has 1 aliphatic rings. The van der Waals surface area contributed by atoms with Crippen LogP contribution in [0, 0.1) is 18.3 Å². The molecule has 1 amide bonds. The van der Waals surface area contributed by atoms with Gasteiger partial charge >= 0.3 is 5.97 Å². The van der Waals surface area contributed by atoms with Gasteiger partial charge in [-0.3, -0.25) is 14.5 Å². The number of esters is 1. The van der Waals surface area contributed by atoms with Crippen molar-refractivity contribution >= 4 is 17.4 Å². The fourth-order valence-corrected chi connectivity index (χ4v) is 3.31. The van der Waals surface area contributed by atoms with Crippen molar-refractivity contribution in [2.24, 2.45) is 0 Å². The van der Waals surface area contributed by atoms with Crippen molar-refractivity contribution in [1.82, 2.24) is 4.90 Å². The molecule has 1 aliphatic heterocycles. The molecule has 28 heavy (non-hydrogen) atoms. The van der Waals surface area contributed by atoms with Crippen LogP contribution in [0.15, 0.2) is 60.2 Å². The Morgan fingerprint density at radius 1 is 1.18 bits per heavy atom. The predicted molar refractivity (Wildman–Crippen MR) is 102 cm³/mol. The Labute approximate surface area is 163 Å². The largest absolute Gasteiger partial charge is 0.465 e. The molecule has 0 aromatic heterocycles. The number of aliphatic hydroxyl groups is 1. The number of carbonyl (C=O) groups excluding carboxylic acids is 2. The van der Waals surface area contributed by atoms with Gasteiger partial charge in [-0.1, -0.05) is 60.2 Å². The van der Waals surface area contributed by atoms with Crippen LogP contribution in [0.1, 0.15) is 23.6 Å². The molecular weight excluding hydrogens is 356 g/mol. The Morgan fingerprint density at radius 3 is 2.39 bits per heavy atom. The van der Waals surface area contributed by atoms with Crippen LogP contribution in [-0.4, -0.2) is 35.0 Å². The summed E-state index contributed by atoms with van der Waals surface area (Å²) in [6.45, 7) is 3.24. The minimum absolute atomic E-state index is 0.0816. The summed E-state index contributed by atoms with van der Waals surface area (Å²) in [6, 6.07) is 17.5. The highest BCUT2D eigenvalue weighted by Crippen LogP contribution is 2.44. The number of carbonyl (C=O) groups is 2. The van der Waals surface area contributed by atoms with Gasteiger partial charge in [0.05, 0.1) is 17.8 Å². The van der Waals surface area contributed by atoms with E-state index in [0.29, 0.717) is 11.1 Å². The minimum Gasteiger partial charge on any atom is -0.465 e. The normalized spacial score (nSPS) is 18.9. The molecule has 1 N–H and O–H groups in total. The van der Waals surface area contributed by atoms with Crippen molar-refractivity contribution in [2.75, 3.05) is 13.2 Å². The number of ether oxygens (including phenoxy) is 1. The minimum atomic E-state index is -2.06. The van der Waals surface area contributed by atoms with Gasteiger partial charge in [0.2, 0.25) is 5.72 Å². The van der Waals surface area contributed by atoms with E-state index in [1.807, 2.05) is 25.1 Å². The van der Waals surface area contributed by atoms with Gasteiger partial charge < -0.3 is 9.84 Å². The monoisotopic (exact) mass is 376 g/mol. The van der Waals surface area contributed by atoms with Gasteiger partial charge in [0.25, 0.3) is 5.91 Å². The molecule has 1 atom stereocenters. The number of benzene rings is 2.